The summed E-state index contributed by atoms with van der Waals surface area (Å²) in [5.74, 6) is 1.84. The lowest BCUT2D eigenvalue weighted by Gasteiger charge is -2.15. The Balaban J connectivity index is 0.00000210. The Morgan fingerprint density at radius 3 is 2.41 bits per heavy atom. The van der Waals surface area contributed by atoms with Crippen LogP contribution < -0.4 is 22.5 Å². The third-order valence-corrected chi connectivity index (χ3v) is 4.42. The second kappa shape index (κ2) is 9.26. The molecule has 1 heterocycles. The van der Waals surface area contributed by atoms with E-state index in [0.29, 0.717) is 19.7 Å². The fraction of sp³-hybridized carbons (Fsp3) is 0.130. The van der Waals surface area contributed by atoms with E-state index >= 15 is 0 Å². The van der Waals surface area contributed by atoms with Crippen LogP contribution in [0.5, 0.6) is 5.75 Å². The van der Waals surface area contributed by atoms with Gasteiger partial charge in [-0.1, -0.05) is 60.7 Å². The van der Waals surface area contributed by atoms with Crippen molar-refractivity contribution >= 4 is 10.8 Å². The molecule has 0 atom stereocenters. The molecule has 138 valence electrons. The predicted molar refractivity (Wildman–Crippen MR) is 104 cm³/mol. The highest BCUT2D eigenvalue weighted by Crippen LogP contribution is 2.29. The number of ether oxygens (including phenoxy) is 1. The van der Waals surface area contributed by atoms with Gasteiger partial charge in [0.1, 0.15) is 18.1 Å². The van der Waals surface area contributed by atoms with Gasteiger partial charge in [-0.2, -0.15) is 0 Å². The molecule has 0 spiro atoms. The lowest BCUT2D eigenvalue weighted by atomic mass is 10.0. The standard InChI is InChI=1S/C23H21NO2.ClH/c1-2-7-18(8-3-1)17-26-23-13-12-19-9-4-5-11-21(19)22(23)16-24-15-20-10-6-14-25-20;/h1-14,24H,15-17H2;1H/p-1. The first-order valence-corrected chi connectivity index (χ1v) is 8.80. The fourth-order valence-electron chi connectivity index (χ4n) is 3.09. The number of halogens is 1. The number of hydrogen-bond donors (Lipinski definition) is 1. The third-order valence-electron chi connectivity index (χ3n) is 4.42. The van der Waals surface area contributed by atoms with Gasteiger partial charge >= 0.3 is 0 Å². The van der Waals surface area contributed by atoms with Crippen molar-refractivity contribution in [2.24, 2.45) is 0 Å². The highest BCUT2D eigenvalue weighted by atomic mass is 35.5. The van der Waals surface area contributed by atoms with E-state index in [1.54, 1.807) is 6.26 Å². The zero-order valence-electron chi connectivity index (χ0n) is 14.9. The van der Waals surface area contributed by atoms with E-state index in [-0.39, 0.29) is 12.4 Å². The lowest BCUT2D eigenvalue weighted by molar-refractivity contribution is -0.00000597. The van der Waals surface area contributed by atoms with E-state index in [2.05, 4.69) is 53.8 Å². The summed E-state index contributed by atoms with van der Waals surface area (Å²) in [6, 6.07) is 26.7. The molecule has 3 aromatic carbocycles. The van der Waals surface area contributed by atoms with Gasteiger partial charge in [0.05, 0.1) is 12.8 Å². The van der Waals surface area contributed by atoms with Crippen LogP contribution in [-0.2, 0) is 19.7 Å². The van der Waals surface area contributed by atoms with Crippen LogP contribution in [0.15, 0.2) is 89.5 Å². The minimum atomic E-state index is 0. The number of nitrogens with one attached hydrogen (secondary N) is 1. The Labute approximate surface area is 165 Å². The number of hydrogen-bond acceptors (Lipinski definition) is 3. The predicted octanol–water partition coefficient (Wildman–Crippen LogP) is 2.31. The number of fused-ring (bicyclic) bond motifs is 1. The van der Waals surface area contributed by atoms with Crippen LogP contribution in [0.2, 0.25) is 0 Å². The normalized spacial score (nSPS) is 10.5. The average Bonchev–Trinajstić information content (AvgIpc) is 3.21. The molecule has 0 aliphatic carbocycles. The topological polar surface area (TPSA) is 34.4 Å². The van der Waals surface area contributed by atoms with E-state index in [9.17, 15) is 0 Å². The van der Waals surface area contributed by atoms with Gasteiger partial charge in [-0.05, 0) is 34.5 Å². The summed E-state index contributed by atoms with van der Waals surface area (Å²) in [6.45, 7) is 1.96. The highest BCUT2D eigenvalue weighted by molar-refractivity contribution is 5.87. The molecule has 0 aliphatic rings. The SMILES string of the molecule is [Cl-].c1ccc(COc2ccc3ccccc3c2CNCc2ccco2)cc1. The summed E-state index contributed by atoms with van der Waals surface area (Å²) in [6.07, 6.45) is 1.70. The van der Waals surface area contributed by atoms with Crippen LogP contribution in [0, 0.1) is 0 Å². The molecule has 4 aromatic rings. The first-order chi connectivity index (χ1) is 12.9. The summed E-state index contributed by atoms with van der Waals surface area (Å²) in [5.41, 5.74) is 2.33. The van der Waals surface area contributed by atoms with Gasteiger partial charge < -0.3 is 26.9 Å². The van der Waals surface area contributed by atoms with Crippen molar-refractivity contribution in [3.05, 3.63) is 102 Å². The zero-order valence-corrected chi connectivity index (χ0v) is 15.7. The molecule has 0 bridgehead atoms. The molecular formula is C23H21ClNO2-. The van der Waals surface area contributed by atoms with Crippen molar-refractivity contribution in [3.8, 4) is 5.75 Å². The van der Waals surface area contributed by atoms with Crippen molar-refractivity contribution in [3.63, 3.8) is 0 Å². The first-order valence-electron chi connectivity index (χ1n) is 8.80. The molecule has 27 heavy (non-hydrogen) atoms. The molecule has 1 aromatic heterocycles. The van der Waals surface area contributed by atoms with Crippen molar-refractivity contribution in [1.29, 1.82) is 0 Å². The number of rotatable bonds is 7. The van der Waals surface area contributed by atoms with Gasteiger partial charge in [-0.15, -0.1) is 0 Å². The smallest absolute Gasteiger partial charge is 0.124 e. The molecule has 0 fully saturated rings. The molecule has 0 radical (unpaired) electrons. The molecule has 0 saturated heterocycles. The van der Waals surface area contributed by atoms with Crippen LogP contribution in [0.4, 0.5) is 0 Å². The molecular weight excluding hydrogens is 358 g/mol. The highest BCUT2D eigenvalue weighted by Gasteiger charge is 2.09. The Morgan fingerprint density at radius 1 is 0.778 bits per heavy atom. The van der Waals surface area contributed by atoms with Gasteiger partial charge in [0.2, 0.25) is 0 Å². The van der Waals surface area contributed by atoms with Gasteiger partial charge in [0, 0.05) is 12.1 Å². The lowest BCUT2D eigenvalue weighted by Crippen LogP contribution is -3.00. The van der Waals surface area contributed by atoms with E-state index < -0.39 is 0 Å². The molecule has 1 N–H and O–H groups in total. The van der Waals surface area contributed by atoms with Crippen LogP contribution in [0.3, 0.4) is 0 Å². The molecule has 0 aliphatic heterocycles. The molecule has 4 heteroatoms. The molecule has 0 saturated carbocycles. The Bertz CT molecular complexity index is 968. The van der Waals surface area contributed by atoms with Crippen LogP contribution >= 0.6 is 0 Å². The van der Waals surface area contributed by atoms with E-state index in [4.69, 9.17) is 9.15 Å². The van der Waals surface area contributed by atoms with Crippen molar-refractivity contribution in [2.45, 2.75) is 19.7 Å². The maximum Gasteiger partial charge on any atom is 0.124 e. The maximum absolute atomic E-state index is 6.16. The summed E-state index contributed by atoms with van der Waals surface area (Å²) < 4.78 is 11.6. The van der Waals surface area contributed by atoms with Crippen LogP contribution in [0.25, 0.3) is 10.8 Å². The van der Waals surface area contributed by atoms with Gasteiger partial charge in [-0.25, -0.2) is 0 Å². The zero-order chi connectivity index (χ0) is 17.6. The Morgan fingerprint density at radius 2 is 1.59 bits per heavy atom. The first kappa shape index (κ1) is 19.0. The number of benzene rings is 3. The summed E-state index contributed by atoms with van der Waals surface area (Å²) in [4.78, 5) is 0. The Kier molecular flexibility index (Phi) is 6.53. The van der Waals surface area contributed by atoms with E-state index in [1.807, 2.05) is 30.3 Å². The average molecular weight is 379 g/mol. The molecule has 0 unspecified atom stereocenters. The van der Waals surface area contributed by atoms with Crippen molar-refractivity contribution in [2.75, 3.05) is 0 Å². The Hall–Kier alpha value is -2.75. The van der Waals surface area contributed by atoms with E-state index in [1.165, 1.54) is 16.3 Å². The maximum atomic E-state index is 6.16. The monoisotopic (exact) mass is 378 g/mol. The van der Waals surface area contributed by atoms with Crippen molar-refractivity contribution < 1.29 is 21.6 Å². The van der Waals surface area contributed by atoms with E-state index in [0.717, 1.165) is 17.1 Å². The summed E-state index contributed by atoms with van der Waals surface area (Å²) in [7, 11) is 0. The quantitative estimate of drug-likeness (QED) is 0.536. The van der Waals surface area contributed by atoms with Crippen LogP contribution in [0.1, 0.15) is 16.9 Å². The molecule has 3 nitrogen and oxygen atoms in total. The summed E-state index contributed by atoms with van der Waals surface area (Å²) >= 11 is 0. The third kappa shape index (κ3) is 4.70. The van der Waals surface area contributed by atoms with Crippen LogP contribution in [-0.4, -0.2) is 0 Å². The molecule has 0 amide bonds. The number of furan rings is 1. The minimum absolute atomic E-state index is 0. The van der Waals surface area contributed by atoms with Gasteiger partial charge in [-0.3, -0.25) is 0 Å². The van der Waals surface area contributed by atoms with Gasteiger partial charge in [0.15, 0.2) is 0 Å². The van der Waals surface area contributed by atoms with Crippen molar-refractivity contribution in [1.82, 2.24) is 5.32 Å². The fourth-order valence-corrected chi connectivity index (χ4v) is 3.09. The second-order valence-electron chi connectivity index (χ2n) is 6.22. The second-order valence-corrected chi connectivity index (χ2v) is 6.22. The summed E-state index contributed by atoms with van der Waals surface area (Å²) in [5, 5.41) is 5.89. The molecule has 4 rings (SSSR count). The van der Waals surface area contributed by atoms with Gasteiger partial charge in [0.25, 0.3) is 0 Å². The minimum Gasteiger partial charge on any atom is -1.00 e. The largest absolute Gasteiger partial charge is 1.00 e.